The fourth-order valence-corrected chi connectivity index (χ4v) is 4.38. The van der Waals surface area contributed by atoms with Gasteiger partial charge >= 0.3 is 0 Å². The summed E-state index contributed by atoms with van der Waals surface area (Å²) in [5, 5.41) is 3.58. The summed E-state index contributed by atoms with van der Waals surface area (Å²) >= 11 is 6.40. The summed E-state index contributed by atoms with van der Waals surface area (Å²) in [4.78, 5) is 13.5. The third-order valence-corrected chi connectivity index (χ3v) is 5.93. The van der Waals surface area contributed by atoms with Crippen LogP contribution in [0.5, 0.6) is 5.75 Å². The van der Waals surface area contributed by atoms with E-state index >= 15 is 0 Å². The molecule has 156 valence electrons. The standard InChI is InChI=1S/C24H30ClNO3/c1-17-8-7-9-19(14-17)24(12-5-4-6-13-24)23(27)26-20-10-11-22(21(25)15-20)29-18(2)16-28-3/h7-11,14-15,18H,4-6,12-13,16H2,1-3H3,(H,26,27)/t18-/m1/s1. The van der Waals surface area contributed by atoms with Gasteiger partial charge in [-0.2, -0.15) is 0 Å². The Kier molecular flexibility index (Phi) is 7.20. The number of rotatable bonds is 7. The lowest BCUT2D eigenvalue weighted by molar-refractivity contribution is -0.122. The van der Waals surface area contributed by atoms with Crippen LogP contribution >= 0.6 is 11.6 Å². The molecule has 0 bridgehead atoms. The first-order valence-electron chi connectivity index (χ1n) is 10.3. The van der Waals surface area contributed by atoms with Crippen molar-refractivity contribution < 1.29 is 14.3 Å². The Bertz CT molecular complexity index is 846. The molecular formula is C24H30ClNO3. The van der Waals surface area contributed by atoms with Crippen molar-refractivity contribution in [1.29, 1.82) is 0 Å². The topological polar surface area (TPSA) is 47.6 Å². The number of carbonyl (C=O) groups is 1. The molecule has 0 aromatic heterocycles. The van der Waals surface area contributed by atoms with E-state index in [1.165, 1.54) is 12.0 Å². The van der Waals surface area contributed by atoms with E-state index in [2.05, 4.69) is 30.4 Å². The highest BCUT2D eigenvalue weighted by molar-refractivity contribution is 6.32. The minimum absolute atomic E-state index is 0.0419. The third-order valence-electron chi connectivity index (χ3n) is 5.63. The maximum absolute atomic E-state index is 13.5. The zero-order chi connectivity index (χ0) is 20.9. The minimum atomic E-state index is -0.487. The molecule has 0 aliphatic heterocycles. The van der Waals surface area contributed by atoms with Crippen LogP contribution in [0.2, 0.25) is 5.02 Å². The number of hydrogen-bond donors (Lipinski definition) is 1. The quantitative estimate of drug-likeness (QED) is 0.612. The van der Waals surface area contributed by atoms with Gasteiger partial charge in [-0.05, 0) is 50.5 Å². The summed E-state index contributed by atoms with van der Waals surface area (Å²) in [7, 11) is 1.63. The van der Waals surface area contributed by atoms with Crippen LogP contribution in [-0.4, -0.2) is 25.7 Å². The molecule has 1 aliphatic rings. The maximum Gasteiger partial charge on any atom is 0.235 e. The highest BCUT2D eigenvalue weighted by atomic mass is 35.5. The SMILES string of the molecule is COC[C@@H](C)Oc1ccc(NC(=O)C2(c3cccc(C)c3)CCCCC2)cc1Cl. The van der Waals surface area contributed by atoms with Gasteiger partial charge in [-0.25, -0.2) is 0 Å². The molecule has 0 heterocycles. The number of nitrogens with one attached hydrogen (secondary N) is 1. The Balaban J connectivity index is 1.80. The third kappa shape index (κ3) is 5.12. The molecule has 0 saturated heterocycles. The lowest BCUT2D eigenvalue weighted by Crippen LogP contribution is -2.42. The smallest absolute Gasteiger partial charge is 0.235 e. The molecule has 4 nitrogen and oxygen atoms in total. The Morgan fingerprint density at radius 3 is 2.59 bits per heavy atom. The van der Waals surface area contributed by atoms with Crippen molar-refractivity contribution >= 4 is 23.2 Å². The van der Waals surface area contributed by atoms with Crippen molar-refractivity contribution in [2.24, 2.45) is 0 Å². The predicted octanol–water partition coefficient (Wildman–Crippen LogP) is 5.90. The lowest BCUT2D eigenvalue weighted by atomic mass is 9.68. The molecule has 1 atom stereocenters. The number of hydrogen-bond acceptors (Lipinski definition) is 3. The second kappa shape index (κ2) is 9.64. The molecule has 1 amide bonds. The van der Waals surface area contributed by atoms with Gasteiger partial charge in [-0.3, -0.25) is 4.79 Å². The van der Waals surface area contributed by atoms with Crippen LogP contribution in [0.3, 0.4) is 0 Å². The number of carbonyl (C=O) groups excluding carboxylic acids is 1. The Labute approximate surface area is 178 Å². The summed E-state index contributed by atoms with van der Waals surface area (Å²) in [6.45, 7) is 4.47. The van der Waals surface area contributed by atoms with Gasteiger partial charge in [0, 0.05) is 12.8 Å². The van der Waals surface area contributed by atoms with Crippen LogP contribution in [0.15, 0.2) is 42.5 Å². The monoisotopic (exact) mass is 415 g/mol. The van der Waals surface area contributed by atoms with E-state index in [0.29, 0.717) is 23.1 Å². The molecule has 0 radical (unpaired) electrons. The molecule has 1 fully saturated rings. The van der Waals surface area contributed by atoms with E-state index in [9.17, 15) is 4.79 Å². The van der Waals surface area contributed by atoms with Gasteiger partial charge in [0.2, 0.25) is 5.91 Å². The van der Waals surface area contributed by atoms with Crippen molar-refractivity contribution in [2.75, 3.05) is 19.0 Å². The first-order chi connectivity index (χ1) is 13.9. The summed E-state index contributed by atoms with van der Waals surface area (Å²) < 4.78 is 10.9. The zero-order valence-corrected chi connectivity index (χ0v) is 18.2. The van der Waals surface area contributed by atoms with Gasteiger partial charge in [-0.15, -0.1) is 0 Å². The number of anilines is 1. The van der Waals surface area contributed by atoms with Crippen LogP contribution in [0.4, 0.5) is 5.69 Å². The van der Waals surface area contributed by atoms with E-state index in [-0.39, 0.29) is 12.0 Å². The molecule has 1 saturated carbocycles. The number of methoxy groups -OCH3 is 1. The highest BCUT2D eigenvalue weighted by Crippen LogP contribution is 2.41. The van der Waals surface area contributed by atoms with Crippen molar-refractivity contribution in [3.05, 3.63) is 58.6 Å². The molecule has 3 rings (SSSR count). The van der Waals surface area contributed by atoms with E-state index in [0.717, 1.165) is 31.2 Å². The molecular weight excluding hydrogens is 386 g/mol. The summed E-state index contributed by atoms with van der Waals surface area (Å²) in [5.41, 5.74) is 2.48. The zero-order valence-electron chi connectivity index (χ0n) is 17.5. The number of amides is 1. The van der Waals surface area contributed by atoms with Gasteiger partial charge < -0.3 is 14.8 Å². The first-order valence-corrected chi connectivity index (χ1v) is 10.7. The van der Waals surface area contributed by atoms with E-state index in [1.54, 1.807) is 19.2 Å². The first kappa shape index (κ1) is 21.7. The van der Waals surface area contributed by atoms with Gasteiger partial charge in [0.25, 0.3) is 0 Å². The van der Waals surface area contributed by atoms with Crippen LogP contribution in [0, 0.1) is 6.92 Å². The van der Waals surface area contributed by atoms with Crippen molar-refractivity contribution in [3.63, 3.8) is 0 Å². The van der Waals surface area contributed by atoms with Crippen molar-refractivity contribution in [1.82, 2.24) is 0 Å². The summed E-state index contributed by atoms with van der Waals surface area (Å²) in [6, 6.07) is 13.7. The molecule has 29 heavy (non-hydrogen) atoms. The minimum Gasteiger partial charge on any atom is -0.487 e. The number of benzene rings is 2. The van der Waals surface area contributed by atoms with E-state index in [4.69, 9.17) is 21.1 Å². The Morgan fingerprint density at radius 2 is 1.93 bits per heavy atom. The molecule has 1 aliphatic carbocycles. The van der Waals surface area contributed by atoms with Crippen LogP contribution in [-0.2, 0) is 14.9 Å². The predicted molar refractivity (Wildman–Crippen MR) is 118 cm³/mol. The van der Waals surface area contributed by atoms with Gasteiger partial charge in [0.1, 0.15) is 11.9 Å². The van der Waals surface area contributed by atoms with Gasteiger partial charge in [0.15, 0.2) is 0 Å². The average Bonchev–Trinajstić information content (AvgIpc) is 2.71. The van der Waals surface area contributed by atoms with E-state index < -0.39 is 5.41 Å². The number of aryl methyl sites for hydroxylation is 1. The Hall–Kier alpha value is -2.04. The average molecular weight is 416 g/mol. The molecule has 2 aromatic carbocycles. The van der Waals surface area contributed by atoms with Gasteiger partial charge in [0.05, 0.1) is 17.0 Å². The van der Waals surface area contributed by atoms with Crippen LogP contribution in [0.25, 0.3) is 0 Å². The normalized spacial score (nSPS) is 16.8. The largest absolute Gasteiger partial charge is 0.487 e. The molecule has 5 heteroatoms. The maximum atomic E-state index is 13.5. The van der Waals surface area contributed by atoms with Crippen molar-refractivity contribution in [3.8, 4) is 5.75 Å². The molecule has 0 spiro atoms. The summed E-state index contributed by atoms with van der Waals surface area (Å²) in [5.74, 6) is 0.626. The fourth-order valence-electron chi connectivity index (χ4n) is 4.16. The highest BCUT2D eigenvalue weighted by Gasteiger charge is 2.41. The molecule has 2 aromatic rings. The van der Waals surface area contributed by atoms with Crippen LogP contribution in [0.1, 0.15) is 50.2 Å². The second-order valence-electron chi connectivity index (χ2n) is 8.00. The van der Waals surface area contributed by atoms with Crippen molar-refractivity contribution in [2.45, 2.75) is 57.5 Å². The fraction of sp³-hybridized carbons (Fsp3) is 0.458. The second-order valence-corrected chi connectivity index (χ2v) is 8.40. The Morgan fingerprint density at radius 1 is 1.17 bits per heavy atom. The van der Waals surface area contributed by atoms with Gasteiger partial charge in [-0.1, -0.05) is 60.7 Å². The summed E-state index contributed by atoms with van der Waals surface area (Å²) in [6.07, 6.45) is 4.93. The lowest BCUT2D eigenvalue weighted by Gasteiger charge is -2.36. The van der Waals surface area contributed by atoms with E-state index in [1.807, 2.05) is 19.1 Å². The number of halogens is 1. The number of ether oxygens (including phenoxy) is 2. The molecule has 0 unspecified atom stereocenters. The van der Waals surface area contributed by atoms with Crippen LogP contribution < -0.4 is 10.1 Å². The molecule has 1 N–H and O–H groups in total.